The Hall–Kier alpha value is -1.14. The number of hydrogen-bond acceptors (Lipinski definition) is 5. The van der Waals surface area contributed by atoms with Crippen molar-refractivity contribution in [1.82, 2.24) is 9.88 Å². The molecule has 0 amide bonds. The van der Waals surface area contributed by atoms with E-state index in [1.807, 2.05) is 5.38 Å². The smallest absolute Gasteiger partial charge is 0.303 e. The molecule has 0 bridgehead atoms. The van der Waals surface area contributed by atoms with Crippen LogP contribution in [0.2, 0.25) is 0 Å². The molecule has 1 aromatic rings. The van der Waals surface area contributed by atoms with Crippen LogP contribution in [0.15, 0.2) is 5.38 Å². The Morgan fingerprint density at radius 3 is 2.65 bits per heavy atom. The van der Waals surface area contributed by atoms with Gasteiger partial charge in [-0.1, -0.05) is 0 Å². The van der Waals surface area contributed by atoms with E-state index in [0.29, 0.717) is 6.42 Å². The van der Waals surface area contributed by atoms with E-state index < -0.39 is 5.97 Å². The van der Waals surface area contributed by atoms with E-state index in [0.717, 1.165) is 17.4 Å². The van der Waals surface area contributed by atoms with Crippen LogP contribution in [0.1, 0.15) is 31.4 Å². The molecular weight excluding hydrogens is 274 g/mol. The van der Waals surface area contributed by atoms with Gasteiger partial charge < -0.3 is 14.9 Å². The van der Waals surface area contributed by atoms with Gasteiger partial charge >= 0.3 is 5.97 Å². The predicted molar refractivity (Wildman–Crippen MR) is 81.6 cm³/mol. The summed E-state index contributed by atoms with van der Waals surface area (Å²) in [6.45, 7) is 0.978. The average molecular weight is 297 g/mol. The summed E-state index contributed by atoms with van der Waals surface area (Å²) in [5.74, 6) is -0.770. The van der Waals surface area contributed by atoms with E-state index >= 15 is 0 Å². The topological polar surface area (TPSA) is 56.7 Å². The standard InChI is InChI=1S/C14H23N3O2S/c1-16(2)14(7-4-8-14)10-17(3)13-15-11(9-20-13)5-6-12(18)19/h9H,4-8,10H2,1-3H3,(H,18,19). The van der Waals surface area contributed by atoms with Crippen LogP contribution in [0.5, 0.6) is 0 Å². The number of thiazole rings is 1. The molecule has 0 unspecified atom stereocenters. The molecule has 1 fully saturated rings. The SMILES string of the molecule is CN(CC1(N(C)C)CCC1)c1nc(CCC(=O)O)cs1. The zero-order valence-electron chi connectivity index (χ0n) is 12.4. The highest BCUT2D eigenvalue weighted by molar-refractivity contribution is 7.13. The van der Waals surface area contributed by atoms with Crippen molar-refractivity contribution in [2.45, 2.75) is 37.6 Å². The molecule has 2 rings (SSSR count). The van der Waals surface area contributed by atoms with Crippen molar-refractivity contribution in [3.05, 3.63) is 11.1 Å². The number of likely N-dealkylation sites (N-methyl/N-ethyl adjacent to an activating group) is 2. The number of aryl methyl sites for hydroxylation is 1. The van der Waals surface area contributed by atoms with Gasteiger partial charge in [0.25, 0.3) is 0 Å². The molecule has 0 radical (unpaired) electrons. The van der Waals surface area contributed by atoms with Crippen LogP contribution >= 0.6 is 11.3 Å². The largest absolute Gasteiger partial charge is 0.481 e. The second-order valence-electron chi connectivity index (χ2n) is 5.84. The molecule has 6 heteroatoms. The van der Waals surface area contributed by atoms with Crippen molar-refractivity contribution in [3.8, 4) is 0 Å². The summed E-state index contributed by atoms with van der Waals surface area (Å²) in [7, 11) is 6.36. The number of carboxylic acid groups (broad SMARTS) is 1. The fourth-order valence-electron chi connectivity index (χ4n) is 2.66. The summed E-state index contributed by atoms with van der Waals surface area (Å²) in [5.41, 5.74) is 1.16. The third-order valence-corrected chi connectivity index (χ3v) is 5.23. The van der Waals surface area contributed by atoms with Gasteiger partial charge in [-0.15, -0.1) is 11.3 Å². The molecule has 0 atom stereocenters. The first-order valence-corrected chi connectivity index (χ1v) is 7.86. The number of hydrogen-bond donors (Lipinski definition) is 1. The number of rotatable bonds is 7. The van der Waals surface area contributed by atoms with Crippen molar-refractivity contribution in [2.24, 2.45) is 0 Å². The predicted octanol–water partition coefficient (Wildman–Crippen LogP) is 2.08. The Labute approximate surface area is 124 Å². The monoisotopic (exact) mass is 297 g/mol. The van der Waals surface area contributed by atoms with Crippen LogP contribution in [0.4, 0.5) is 5.13 Å². The molecule has 1 aliphatic rings. The highest BCUT2D eigenvalue weighted by atomic mass is 32.1. The number of aliphatic carboxylic acids is 1. The van der Waals surface area contributed by atoms with Crippen LogP contribution < -0.4 is 4.90 Å². The molecule has 1 N–H and O–H groups in total. The van der Waals surface area contributed by atoms with Gasteiger partial charge in [-0.25, -0.2) is 4.98 Å². The quantitative estimate of drug-likeness (QED) is 0.835. The van der Waals surface area contributed by atoms with E-state index in [1.54, 1.807) is 11.3 Å². The fraction of sp³-hybridized carbons (Fsp3) is 0.714. The van der Waals surface area contributed by atoms with Crippen molar-refractivity contribution in [3.63, 3.8) is 0 Å². The van der Waals surface area contributed by atoms with E-state index in [1.165, 1.54) is 19.3 Å². The van der Waals surface area contributed by atoms with Gasteiger partial charge in [-0.3, -0.25) is 4.79 Å². The van der Waals surface area contributed by atoms with Crippen LogP contribution in [0.25, 0.3) is 0 Å². The lowest BCUT2D eigenvalue weighted by Crippen LogP contribution is -2.56. The van der Waals surface area contributed by atoms with Gasteiger partial charge in [0.15, 0.2) is 5.13 Å². The maximum Gasteiger partial charge on any atom is 0.303 e. The lowest BCUT2D eigenvalue weighted by Gasteiger charge is -2.49. The molecule has 1 heterocycles. The molecule has 112 valence electrons. The zero-order chi connectivity index (χ0) is 14.8. The third kappa shape index (κ3) is 3.30. The molecular formula is C14H23N3O2S. The molecule has 1 aromatic heterocycles. The normalized spacial score (nSPS) is 17.0. The lowest BCUT2D eigenvalue weighted by molar-refractivity contribution is -0.136. The van der Waals surface area contributed by atoms with Crippen molar-refractivity contribution >= 4 is 22.4 Å². The summed E-state index contributed by atoms with van der Waals surface area (Å²) in [5, 5.41) is 11.7. The summed E-state index contributed by atoms with van der Waals surface area (Å²) < 4.78 is 0. The highest BCUT2D eigenvalue weighted by Crippen LogP contribution is 2.37. The minimum Gasteiger partial charge on any atom is -0.481 e. The third-order valence-electron chi connectivity index (χ3n) is 4.23. The van der Waals surface area contributed by atoms with E-state index in [-0.39, 0.29) is 12.0 Å². The van der Waals surface area contributed by atoms with Gasteiger partial charge in [0.05, 0.1) is 12.1 Å². The Morgan fingerprint density at radius 1 is 1.45 bits per heavy atom. The first-order chi connectivity index (χ1) is 9.43. The lowest BCUT2D eigenvalue weighted by atomic mass is 9.75. The van der Waals surface area contributed by atoms with Crippen LogP contribution in [-0.4, -0.2) is 54.2 Å². The van der Waals surface area contributed by atoms with Gasteiger partial charge in [-0.05, 0) is 33.4 Å². The molecule has 0 aromatic carbocycles. The second kappa shape index (κ2) is 6.10. The van der Waals surface area contributed by atoms with Crippen molar-refractivity contribution in [1.29, 1.82) is 0 Å². The summed E-state index contributed by atoms with van der Waals surface area (Å²) in [6.07, 6.45) is 4.43. The number of carboxylic acids is 1. The van der Waals surface area contributed by atoms with Crippen LogP contribution in [0.3, 0.4) is 0 Å². The van der Waals surface area contributed by atoms with E-state index in [4.69, 9.17) is 5.11 Å². The van der Waals surface area contributed by atoms with Gasteiger partial charge in [-0.2, -0.15) is 0 Å². The molecule has 1 saturated carbocycles. The minimum absolute atomic E-state index is 0.147. The molecule has 1 aliphatic carbocycles. The second-order valence-corrected chi connectivity index (χ2v) is 6.68. The highest BCUT2D eigenvalue weighted by Gasteiger charge is 2.40. The zero-order valence-corrected chi connectivity index (χ0v) is 13.2. The number of anilines is 1. The number of aromatic nitrogens is 1. The molecule has 0 aliphatic heterocycles. The molecule has 0 saturated heterocycles. The maximum atomic E-state index is 10.6. The van der Waals surface area contributed by atoms with Gasteiger partial charge in [0.2, 0.25) is 0 Å². The minimum atomic E-state index is -0.770. The molecule has 0 spiro atoms. The first kappa shape index (κ1) is 15.3. The van der Waals surface area contributed by atoms with Gasteiger partial charge in [0, 0.05) is 30.9 Å². The Balaban J connectivity index is 1.95. The van der Waals surface area contributed by atoms with E-state index in [2.05, 4.69) is 35.9 Å². The molecule has 20 heavy (non-hydrogen) atoms. The van der Waals surface area contributed by atoms with Crippen molar-refractivity contribution in [2.75, 3.05) is 32.6 Å². The Kier molecular flexibility index (Phi) is 4.65. The maximum absolute atomic E-state index is 10.6. The van der Waals surface area contributed by atoms with Crippen molar-refractivity contribution < 1.29 is 9.90 Å². The Morgan fingerprint density at radius 2 is 2.15 bits per heavy atom. The van der Waals surface area contributed by atoms with Crippen LogP contribution in [0, 0.1) is 0 Å². The summed E-state index contributed by atoms with van der Waals surface area (Å²) >= 11 is 1.60. The van der Waals surface area contributed by atoms with Gasteiger partial charge in [0.1, 0.15) is 0 Å². The summed E-state index contributed by atoms with van der Waals surface area (Å²) in [4.78, 5) is 19.7. The van der Waals surface area contributed by atoms with Crippen LogP contribution in [-0.2, 0) is 11.2 Å². The fourth-order valence-corrected chi connectivity index (χ4v) is 3.49. The Bertz CT molecular complexity index is 469. The first-order valence-electron chi connectivity index (χ1n) is 6.98. The molecule has 5 nitrogen and oxygen atoms in total. The average Bonchev–Trinajstić information content (AvgIpc) is 2.79. The number of nitrogens with zero attached hydrogens (tertiary/aromatic N) is 3. The number of carbonyl (C=O) groups is 1. The summed E-state index contributed by atoms with van der Waals surface area (Å²) in [6, 6.07) is 0. The van der Waals surface area contributed by atoms with E-state index in [9.17, 15) is 4.79 Å².